The Kier molecular flexibility index (Phi) is 3.23. The van der Waals surface area contributed by atoms with E-state index in [0.717, 1.165) is 5.56 Å². The van der Waals surface area contributed by atoms with Gasteiger partial charge in [0.05, 0.1) is 0 Å². The molecule has 0 radical (unpaired) electrons. The lowest BCUT2D eigenvalue weighted by molar-refractivity contribution is 0.105. The van der Waals surface area contributed by atoms with Gasteiger partial charge >= 0.3 is 0 Å². The van der Waals surface area contributed by atoms with Gasteiger partial charge in [-0.3, -0.25) is 4.79 Å². The number of nitrogen functional groups attached to an aromatic ring is 1. The molecule has 0 amide bonds. The number of hydrogen-bond donors (Lipinski definition) is 1. The topological polar surface area (TPSA) is 43.1 Å². The second kappa shape index (κ2) is 5.00. The molecular weight excluding hydrogens is 210 g/mol. The lowest BCUT2D eigenvalue weighted by Gasteiger charge is -1.93. The fourth-order valence-electron chi connectivity index (χ4n) is 1.41. The Morgan fingerprint density at radius 3 is 2.47 bits per heavy atom. The lowest BCUT2D eigenvalue weighted by Crippen LogP contribution is -1.93. The highest BCUT2D eigenvalue weighted by Gasteiger charge is 1.99. The second-order valence-electron chi connectivity index (χ2n) is 3.57. The van der Waals surface area contributed by atoms with Gasteiger partial charge < -0.3 is 5.73 Å². The Balaban J connectivity index is 2.20. The molecule has 0 heterocycles. The number of nitrogens with two attached hydrogens (primary N) is 1. The van der Waals surface area contributed by atoms with E-state index in [4.69, 9.17) is 5.73 Å². The summed E-state index contributed by atoms with van der Waals surface area (Å²) >= 11 is 0. The van der Waals surface area contributed by atoms with E-state index >= 15 is 0 Å². The van der Waals surface area contributed by atoms with Gasteiger partial charge in [0.15, 0.2) is 0 Å². The van der Waals surface area contributed by atoms with Crippen molar-refractivity contribution in [1.29, 1.82) is 0 Å². The molecule has 0 aliphatic heterocycles. The number of hydrogen-bond acceptors (Lipinski definition) is 2. The minimum absolute atomic E-state index is 0.187. The van der Waals surface area contributed by atoms with Gasteiger partial charge in [-0.05, 0) is 24.1 Å². The maximum atomic E-state index is 11.7. The van der Waals surface area contributed by atoms with E-state index in [1.807, 2.05) is 30.3 Å². The first-order valence-electron chi connectivity index (χ1n) is 5.22. The highest BCUT2D eigenvalue weighted by atomic mass is 16.1. The van der Waals surface area contributed by atoms with Gasteiger partial charge in [-0.2, -0.15) is 0 Å². The van der Waals surface area contributed by atoms with Crippen molar-refractivity contribution in [3.05, 3.63) is 65.7 Å². The zero-order chi connectivity index (χ0) is 12.1. The summed E-state index contributed by atoms with van der Waals surface area (Å²) in [5.74, 6) is 5.22. The van der Waals surface area contributed by atoms with Crippen molar-refractivity contribution in [1.82, 2.24) is 0 Å². The van der Waals surface area contributed by atoms with Crippen LogP contribution in [0.25, 0.3) is 0 Å². The summed E-state index contributed by atoms with van der Waals surface area (Å²) in [5.41, 5.74) is 7.61. The van der Waals surface area contributed by atoms with Crippen molar-refractivity contribution in [3.63, 3.8) is 0 Å². The van der Waals surface area contributed by atoms with Crippen LogP contribution in [0.1, 0.15) is 15.9 Å². The molecule has 0 aliphatic carbocycles. The first-order valence-corrected chi connectivity index (χ1v) is 5.22. The van der Waals surface area contributed by atoms with Crippen LogP contribution in [-0.4, -0.2) is 5.78 Å². The van der Waals surface area contributed by atoms with Gasteiger partial charge in [0.1, 0.15) is 0 Å². The molecule has 2 aromatic carbocycles. The highest BCUT2D eigenvalue weighted by molar-refractivity contribution is 6.09. The van der Waals surface area contributed by atoms with Crippen molar-refractivity contribution < 1.29 is 4.79 Å². The first kappa shape index (κ1) is 11.0. The first-order chi connectivity index (χ1) is 8.25. The van der Waals surface area contributed by atoms with Crippen LogP contribution in [0, 0.1) is 11.8 Å². The van der Waals surface area contributed by atoms with Crippen LogP contribution in [-0.2, 0) is 0 Å². The van der Waals surface area contributed by atoms with Crippen molar-refractivity contribution in [2.24, 2.45) is 0 Å². The summed E-state index contributed by atoms with van der Waals surface area (Å²) in [6, 6.07) is 16.1. The Labute approximate surface area is 100 Å². The molecule has 0 fully saturated rings. The maximum Gasteiger partial charge on any atom is 0.236 e. The third-order valence-electron chi connectivity index (χ3n) is 2.24. The van der Waals surface area contributed by atoms with E-state index in [2.05, 4.69) is 11.8 Å². The number of Topliss-reactive ketones (excluding diaryl/α,β-unsaturated/α-hetero) is 1. The summed E-state index contributed by atoms with van der Waals surface area (Å²) in [6.07, 6.45) is 0. The fourth-order valence-corrected chi connectivity index (χ4v) is 1.41. The van der Waals surface area contributed by atoms with E-state index in [1.54, 1.807) is 24.3 Å². The van der Waals surface area contributed by atoms with E-state index < -0.39 is 0 Å². The summed E-state index contributed by atoms with van der Waals surface area (Å²) in [6.45, 7) is 0. The standard InChI is InChI=1S/C15H11NO/c16-14-8-4-5-12(11-14)9-10-15(17)13-6-2-1-3-7-13/h1-8,11H,16H2. The number of anilines is 1. The third kappa shape index (κ3) is 2.96. The van der Waals surface area contributed by atoms with Crippen molar-refractivity contribution in [2.45, 2.75) is 0 Å². The van der Waals surface area contributed by atoms with Crippen molar-refractivity contribution >= 4 is 11.5 Å². The smallest absolute Gasteiger partial charge is 0.236 e. The van der Waals surface area contributed by atoms with Gasteiger partial charge in [0, 0.05) is 16.8 Å². The van der Waals surface area contributed by atoms with Crippen LogP contribution in [0.2, 0.25) is 0 Å². The molecule has 0 atom stereocenters. The maximum absolute atomic E-state index is 11.7. The van der Waals surface area contributed by atoms with Crippen molar-refractivity contribution in [2.75, 3.05) is 5.73 Å². The molecule has 2 aromatic rings. The minimum atomic E-state index is -0.187. The molecule has 0 aromatic heterocycles. The Morgan fingerprint density at radius 1 is 1.00 bits per heavy atom. The predicted molar refractivity (Wildman–Crippen MR) is 68.5 cm³/mol. The number of benzene rings is 2. The summed E-state index contributed by atoms with van der Waals surface area (Å²) in [4.78, 5) is 11.7. The van der Waals surface area contributed by atoms with Gasteiger partial charge in [0.25, 0.3) is 0 Å². The quantitative estimate of drug-likeness (QED) is 0.457. The van der Waals surface area contributed by atoms with Gasteiger partial charge in [-0.1, -0.05) is 42.3 Å². The Hall–Kier alpha value is -2.53. The average Bonchev–Trinajstić information content (AvgIpc) is 2.37. The number of ketones is 1. The van der Waals surface area contributed by atoms with Crippen molar-refractivity contribution in [3.8, 4) is 11.8 Å². The molecule has 17 heavy (non-hydrogen) atoms. The van der Waals surface area contributed by atoms with Crippen LogP contribution in [0.3, 0.4) is 0 Å². The zero-order valence-electron chi connectivity index (χ0n) is 9.18. The van der Waals surface area contributed by atoms with Crippen LogP contribution >= 0.6 is 0 Å². The molecule has 2 nitrogen and oxygen atoms in total. The number of rotatable bonds is 1. The zero-order valence-corrected chi connectivity index (χ0v) is 9.18. The SMILES string of the molecule is Nc1cccc(C#CC(=O)c2ccccc2)c1. The predicted octanol–water partition coefficient (Wildman–Crippen LogP) is 2.50. The van der Waals surface area contributed by atoms with Gasteiger partial charge in [-0.25, -0.2) is 0 Å². The molecule has 2 rings (SSSR count). The average molecular weight is 221 g/mol. The Morgan fingerprint density at radius 2 is 1.76 bits per heavy atom. The highest BCUT2D eigenvalue weighted by Crippen LogP contribution is 2.05. The van der Waals surface area contributed by atoms with Crippen LogP contribution in [0.15, 0.2) is 54.6 Å². The van der Waals surface area contributed by atoms with Crippen LogP contribution < -0.4 is 5.73 Å². The monoisotopic (exact) mass is 221 g/mol. The van der Waals surface area contributed by atoms with E-state index in [0.29, 0.717) is 11.3 Å². The molecule has 2 heteroatoms. The molecule has 82 valence electrons. The summed E-state index contributed by atoms with van der Waals surface area (Å²) in [5, 5.41) is 0. The van der Waals surface area contributed by atoms with E-state index in [1.165, 1.54) is 0 Å². The molecule has 0 saturated heterocycles. The van der Waals surface area contributed by atoms with Gasteiger partial charge in [-0.15, -0.1) is 0 Å². The third-order valence-corrected chi connectivity index (χ3v) is 2.24. The Bertz CT molecular complexity index is 591. The van der Waals surface area contributed by atoms with Crippen LogP contribution in [0.4, 0.5) is 5.69 Å². The fraction of sp³-hybridized carbons (Fsp3) is 0. The molecule has 0 spiro atoms. The molecule has 0 aliphatic rings. The largest absolute Gasteiger partial charge is 0.399 e. The second-order valence-corrected chi connectivity index (χ2v) is 3.57. The molecule has 0 unspecified atom stereocenters. The molecule has 0 bridgehead atoms. The minimum Gasteiger partial charge on any atom is -0.399 e. The summed E-state index contributed by atoms with van der Waals surface area (Å²) < 4.78 is 0. The molecule has 2 N–H and O–H groups in total. The number of carbonyl (C=O) groups excluding carboxylic acids is 1. The van der Waals surface area contributed by atoms with E-state index in [9.17, 15) is 4.79 Å². The summed E-state index contributed by atoms with van der Waals surface area (Å²) in [7, 11) is 0. The van der Waals surface area contributed by atoms with E-state index in [-0.39, 0.29) is 5.78 Å². The normalized spacial score (nSPS) is 9.18. The molecule has 0 saturated carbocycles. The van der Waals surface area contributed by atoms with Crippen LogP contribution in [0.5, 0.6) is 0 Å². The number of carbonyl (C=O) groups is 1. The lowest BCUT2D eigenvalue weighted by atomic mass is 10.1. The van der Waals surface area contributed by atoms with Gasteiger partial charge in [0.2, 0.25) is 5.78 Å². The molecular formula is C15H11NO.